The molecule has 0 unspecified atom stereocenters. The second-order valence-electron chi connectivity index (χ2n) is 5.12. The van der Waals surface area contributed by atoms with Gasteiger partial charge in [0.1, 0.15) is 5.76 Å². The lowest BCUT2D eigenvalue weighted by Crippen LogP contribution is -2.10. The van der Waals surface area contributed by atoms with E-state index in [9.17, 15) is 13.2 Å². The molecule has 0 spiro atoms. The van der Waals surface area contributed by atoms with Crippen molar-refractivity contribution in [2.75, 3.05) is 0 Å². The molecule has 19 heavy (non-hydrogen) atoms. The molecule has 4 heteroatoms. The topological polar surface area (TPSA) is 13.1 Å². The largest absolute Gasteiger partial charge is 0.456 e. The fourth-order valence-electron chi connectivity index (χ4n) is 2.42. The first kappa shape index (κ1) is 16.1. The number of furan rings is 1. The van der Waals surface area contributed by atoms with E-state index in [0.717, 1.165) is 38.5 Å². The Morgan fingerprint density at radius 2 is 1.63 bits per heavy atom. The minimum absolute atomic E-state index is 0.0334. The minimum Gasteiger partial charge on any atom is -0.456 e. The van der Waals surface area contributed by atoms with Gasteiger partial charge >= 0.3 is 6.18 Å². The molecule has 0 aliphatic rings. The van der Waals surface area contributed by atoms with Gasteiger partial charge in [-0.25, -0.2) is 0 Å². The maximum atomic E-state index is 13.0. The molecule has 1 heterocycles. The minimum atomic E-state index is -4.39. The summed E-state index contributed by atoms with van der Waals surface area (Å²) in [5.74, 6) is -0.475. The van der Waals surface area contributed by atoms with Crippen LogP contribution >= 0.6 is 0 Å². The van der Waals surface area contributed by atoms with Crippen LogP contribution in [0.4, 0.5) is 13.2 Å². The molecule has 1 rings (SSSR count). The Kier molecular flexibility index (Phi) is 5.95. The summed E-state index contributed by atoms with van der Waals surface area (Å²) in [6.07, 6.45) is 1.13. The molecule has 0 bridgehead atoms. The molecule has 0 aromatic carbocycles. The molecule has 1 aromatic rings. The molecule has 0 amide bonds. The highest BCUT2D eigenvalue weighted by Crippen LogP contribution is 2.40. The van der Waals surface area contributed by atoms with Crippen LogP contribution in [0.5, 0.6) is 0 Å². The first-order valence-corrected chi connectivity index (χ1v) is 7.07. The Hall–Kier alpha value is -0.930. The third-order valence-corrected chi connectivity index (χ3v) is 3.39. The van der Waals surface area contributed by atoms with Gasteiger partial charge in [0.25, 0.3) is 0 Å². The van der Waals surface area contributed by atoms with Crippen molar-refractivity contribution >= 4 is 0 Å². The summed E-state index contributed by atoms with van der Waals surface area (Å²) in [6.45, 7) is 5.69. The van der Waals surface area contributed by atoms with Crippen LogP contribution in [-0.2, 0) is 6.18 Å². The predicted molar refractivity (Wildman–Crippen MR) is 70.2 cm³/mol. The van der Waals surface area contributed by atoms with Crippen molar-refractivity contribution < 1.29 is 17.6 Å². The molecule has 110 valence electrons. The van der Waals surface area contributed by atoms with Crippen LogP contribution in [0.25, 0.3) is 0 Å². The molecule has 0 radical (unpaired) electrons. The number of halogens is 3. The Balaban J connectivity index is 2.99. The van der Waals surface area contributed by atoms with E-state index < -0.39 is 11.9 Å². The molecule has 0 aliphatic heterocycles. The van der Waals surface area contributed by atoms with E-state index in [-0.39, 0.29) is 5.92 Å². The Morgan fingerprint density at radius 1 is 1.11 bits per heavy atom. The monoisotopic (exact) mass is 276 g/mol. The van der Waals surface area contributed by atoms with Crippen molar-refractivity contribution in [3.8, 4) is 0 Å². The number of hydrogen-bond donors (Lipinski definition) is 0. The van der Waals surface area contributed by atoms with Crippen molar-refractivity contribution in [2.45, 2.75) is 71.4 Å². The van der Waals surface area contributed by atoms with Crippen LogP contribution in [0.3, 0.4) is 0 Å². The van der Waals surface area contributed by atoms with Crippen molar-refractivity contribution in [2.24, 2.45) is 0 Å². The van der Waals surface area contributed by atoms with Gasteiger partial charge in [-0.15, -0.1) is 0 Å². The van der Waals surface area contributed by atoms with Crippen molar-refractivity contribution in [1.82, 2.24) is 0 Å². The second kappa shape index (κ2) is 7.01. The standard InChI is InChI=1S/C15H23F3O/c1-4-6-8-12(9-7-5-2)13-10-11(3)19-14(13)15(16,17)18/h10,12H,4-9H2,1-3H3. The summed E-state index contributed by atoms with van der Waals surface area (Å²) in [7, 11) is 0. The third-order valence-electron chi connectivity index (χ3n) is 3.39. The van der Waals surface area contributed by atoms with E-state index in [2.05, 4.69) is 13.8 Å². The molecule has 0 saturated carbocycles. The van der Waals surface area contributed by atoms with E-state index in [4.69, 9.17) is 4.42 Å². The van der Waals surface area contributed by atoms with Gasteiger partial charge in [0, 0.05) is 5.56 Å². The highest BCUT2D eigenvalue weighted by Gasteiger charge is 2.39. The summed E-state index contributed by atoms with van der Waals surface area (Å²) < 4.78 is 43.8. The zero-order valence-corrected chi connectivity index (χ0v) is 11.9. The lowest BCUT2D eigenvalue weighted by molar-refractivity contribution is -0.154. The Bertz CT molecular complexity index is 371. The fourth-order valence-corrected chi connectivity index (χ4v) is 2.42. The fraction of sp³-hybridized carbons (Fsp3) is 0.733. The maximum absolute atomic E-state index is 13.0. The van der Waals surface area contributed by atoms with Gasteiger partial charge in [-0.2, -0.15) is 13.2 Å². The Labute approximate surface area is 113 Å². The molecule has 1 nitrogen and oxygen atoms in total. The third kappa shape index (κ3) is 4.59. The zero-order chi connectivity index (χ0) is 14.5. The maximum Gasteiger partial charge on any atom is 0.449 e. The SMILES string of the molecule is CCCCC(CCCC)c1cc(C)oc1C(F)(F)F. The molecule has 1 aromatic heterocycles. The lowest BCUT2D eigenvalue weighted by atomic mass is 9.89. The zero-order valence-electron chi connectivity index (χ0n) is 11.9. The van der Waals surface area contributed by atoms with Gasteiger partial charge in [-0.3, -0.25) is 0 Å². The Morgan fingerprint density at radius 3 is 2.05 bits per heavy atom. The van der Waals surface area contributed by atoms with Crippen LogP contribution in [0.15, 0.2) is 10.5 Å². The number of unbranched alkanes of at least 4 members (excludes halogenated alkanes) is 2. The first-order chi connectivity index (χ1) is 8.90. The average Bonchev–Trinajstić information content (AvgIpc) is 2.71. The number of rotatable bonds is 7. The predicted octanol–water partition coefficient (Wildman–Crippen LogP) is 6.07. The quantitative estimate of drug-likeness (QED) is 0.589. The summed E-state index contributed by atoms with van der Waals surface area (Å²) in [5, 5.41) is 0. The van der Waals surface area contributed by atoms with Gasteiger partial charge in [-0.1, -0.05) is 39.5 Å². The lowest BCUT2D eigenvalue weighted by Gasteiger charge is -2.17. The highest BCUT2D eigenvalue weighted by atomic mass is 19.4. The van der Waals surface area contributed by atoms with Crippen LogP contribution in [0, 0.1) is 6.92 Å². The van der Waals surface area contributed by atoms with Gasteiger partial charge < -0.3 is 4.42 Å². The highest BCUT2D eigenvalue weighted by molar-refractivity contribution is 5.27. The van der Waals surface area contributed by atoms with Crippen LogP contribution < -0.4 is 0 Å². The first-order valence-electron chi connectivity index (χ1n) is 7.07. The summed E-state index contributed by atoms with van der Waals surface area (Å²) in [5.41, 5.74) is 0.354. The summed E-state index contributed by atoms with van der Waals surface area (Å²) in [6, 6.07) is 1.57. The molecule has 0 atom stereocenters. The number of aryl methyl sites for hydroxylation is 1. The van der Waals surface area contributed by atoms with E-state index >= 15 is 0 Å². The van der Waals surface area contributed by atoms with Crippen molar-refractivity contribution in [1.29, 1.82) is 0 Å². The van der Waals surface area contributed by atoms with Gasteiger partial charge in [0.15, 0.2) is 0 Å². The van der Waals surface area contributed by atoms with Gasteiger partial charge in [0.2, 0.25) is 5.76 Å². The molecular formula is C15H23F3O. The second-order valence-corrected chi connectivity index (χ2v) is 5.12. The molecule has 0 aliphatic carbocycles. The normalized spacial score (nSPS) is 12.4. The summed E-state index contributed by atoms with van der Waals surface area (Å²) in [4.78, 5) is 0. The van der Waals surface area contributed by atoms with Gasteiger partial charge in [0.05, 0.1) is 0 Å². The number of hydrogen-bond acceptors (Lipinski definition) is 1. The molecule has 0 fully saturated rings. The van der Waals surface area contributed by atoms with E-state index in [1.807, 2.05) is 0 Å². The van der Waals surface area contributed by atoms with Crippen LogP contribution in [0.2, 0.25) is 0 Å². The van der Waals surface area contributed by atoms with Crippen LogP contribution in [0.1, 0.15) is 75.4 Å². The van der Waals surface area contributed by atoms with E-state index in [1.165, 1.54) is 0 Å². The average molecular weight is 276 g/mol. The van der Waals surface area contributed by atoms with Crippen molar-refractivity contribution in [3.05, 3.63) is 23.2 Å². The van der Waals surface area contributed by atoms with E-state index in [1.54, 1.807) is 13.0 Å². The number of alkyl halides is 3. The smallest absolute Gasteiger partial charge is 0.449 e. The molecule has 0 saturated heterocycles. The van der Waals surface area contributed by atoms with Gasteiger partial charge in [-0.05, 0) is 31.7 Å². The van der Waals surface area contributed by atoms with Crippen LogP contribution in [-0.4, -0.2) is 0 Å². The van der Waals surface area contributed by atoms with E-state index in [0.29, 0.717) is 11.3 Å². The molecule has 0 N–H and O–H groups in total. The summed E-state index contributed by atoms with van der Waals surface area (Å²) >= 11 is 0. The molecular weight excluding hydrogens is 253 g/mol. The van der Waals surface area contributed by atoms with Crippen molar-refractivity contribution in [3.63, 3.8) is 0 Å².